The van der Waals surface area contributed by atoms with E-state index in [4.69, 9.17) is 33.3 Å². The number of amides is 3. The Kier molecular flexibility index (Phi) is 14.6. The van der Waals surface area contributed by atoms with Crippen LogP contribution in [0.5, 0.6) is 0 Å². The van der Waals surface area contributed by atoms with Crippen molar-refractivity contribution in [2.75, 3.05) is 31.1 Å². The van der Waals surface area contributed by atoms with Crippen molar-refractivity contribution < 1.29 is 43.7 Å². The summed E-state index contributed by atoms with van der Waals surface area (Å²) in [5.41, 5.74) is 10.6. The molecule has 2 rings (SSSR count). The fourth-order valence-electron chi connectivity index (χ4n) is 4.42. The maximum atomic E-state index is 13.8. The number of rotatable bonds is 13. The Morgan fingerprint density at radius 2 is 1.71 bits per heavy atom. The molecule has 0 radical (unpaired) electrons. The average Bonchev–Trinajstić information content (AvgIpc) is 2.92. The average molecular weight is 658 g/mol. The number of hydrogen-bond donors (Lipinski definition) is 6. The second-order valence-electron chi connectivity index (χ2n) is 12.6. The van der Waals surface area contributed by atoms with Gasteiger partial charge in [-0.25, -0.2) is 14.0 Å². The molecule has 1 aromatic carbocycles. The van der Waals surface area contributed by atoms with E-state index >= 15 is 0 Å². The molecule has 8 N–H and O–H groups in total. The molecule has 45 heavy (non-hydrogen) atoms. The monoisotopic (exact) mass is 657 g/mol. The quantitative estimate of drug-likeness (QED) is 0.168. The number of piperazine rings is 1. The first-order chi connectivity index (χ1) is 20.6. The van der Waals surface area contributed by atoms with E-state index in [-0.39, 0.29) is 55.4 Å². The standard InChI is InChI=1S/C26H41ClFN5O4.C4H4O4/c1-15(2)17(23(36)31-13-25(3,4)24(30)37)10-21(34)19(29)11-32-12-22(35)33(14-26(32,5)6)20-9-16(28)7-8-18(20)27;5-3(6)1-2-4(7)8/h7-9,15,17,19,21,34H,10-14,29H2,1-6H3,(H2,30,37)(H,31,36);1-2H,(H,5,6)(H,7,8)/b;2-1+/t17-,19-,21-;/m0./s1. The highest BCUT2D eigenvalue weighted by molar-refractivity contribution is 6.33. The van der Waals surface area contributed by atoms with Gasteiger partial charge in [0, 0.05) is 49.3 Å². The third-order valence-corrected chi connectivity index (χ3v) is 7.85. The first-order valence-electron chi connectivity index (χ1n) is 14.2. The molecule has 1 fully saturated rings. The maximum Gasteiger partial charge on any atom is 0.328 e. The molecule has 1 saturated heterocycles. The first kappa shape index (κ1) is 39.4. The van der Waals surface area contributed by atoms with Crippen molar-refractivity contribution in [1.29, 1.82) is 0 Å². The Morgan fingerprint density at radius 3 is 2.20 bits per heavy atom. The predicted molar refractivity (Wildman–Crippen MR) is 167 cm³/mol. The van der Waals surface area contributed by atoms with Gasteiger partial charge in [-0.2, -0.15) is 0 Å². The lowest BCUT2D eigenvalue weighted by atomic mass is 9.86. The molecule has 252 valence electrons. The van der Waals surface area contributed by atoms with Crippen molar-refractivity contribution >= 4 is 46.9 Å². The number of primary amides is 1. The van der Waals surface area contributed by atoms with Crippen LogP contribution >= 0.6 is 11.6 Å². The predicted octanol–water partition coefficient (Wildman–Crippen LogP) is 1.60. The van der Waals surface area contributed by atoms with Gasteiger partial charge in [0.05, 0.1) is 28.8 Å². The molecule has 1 heterocycles. The van der Waals surface area contributed by atoms with Crippen molar-refractivity contribution in [3.8, 4) is 0 Å². The molecule has 0 unspecified atom stereocenters. The van der Waals surface area contributed by atoms with Crippen LogP contribution in [0.4, 0.5) is 10.1 Å². The van der Waals surface area contributed by atoms with E-state index in [1.54, 1.807) is 13.8 Å². The lowest BCUT2D eigenvalue weighted by molar-refractivity contribution is -0.134. The largest absolute Gasteiger partial charge is 0.478 e. The Morgan fingerprint density at radius 1 is 1.16 bits per heavy atom. The zero-order valence-corrected chi connectivity index (χ0v) is 27.2. The maximum absolute atomic E-state index is 13.8. The Balaban J connectivity index is 0.00000111. The van der Waals surface area contributed by atoms with Crippen LogP contribution in [0.15, 0.2) is 30.4 Å². The lowest BCUT2D eigenvalue weighted by Crippen LogP contribution is -2.64. The normalized spacial score (nSPS) is 17.3. The van der Waals surface area contributed by atoms with Crippen LogP contribution in [0.1, 0.15) is 48.0 Å². The van der Waals surface area contributed by atoms with E-state index in [1.807, 2.05) is 32.6 Å². The highest BCUT2D eigenvalue weighted by Gasteiger charge is 2.41. The van der Waals surface area contributed by atoms with E-state index in [2.05, 4.69) is 5.32 Å². The van der Waals surface area contributed by atoms with E-state index < -0.39 is 52.7 Å². The second-order valence-corrected chi connectivity index (χ2v) is 13.0. The summed E-state index contributed by atoms with van der Waals surface area (Å²) in [6.45, 7) is 11.5. The summed E-state index contributed by atoms with van der Waals surface area (Å²) in [5.74, 6) is -4.69. The highest BCUT2D eigenvalue weighted by Crippen LogP contribution is 2.32. The van der Waals surface area contributed by atoms with Crippen molar-refractivity contribution in [3.05, 3.63) is 41.2 Å². The van der Waals surface area contributed by atoms with E-state index in [0.29, 0.717) is 17.8 Å². The molecule has 0 saturated carbocycles. The van der Waals surface area contributed by atoms with Crippen LogP contribution in [-0.4, -0.2) is 93.7 Å². The number of aliphatic hydroxyl groups excluding tert-OH is 1. The van der Waals surface area contributed by atoms with E-state index in [9.17, 15) is 33.5 Å². The van der Waals surface area contributed by atoms with Gasteiger partial charge in [0.25, 0.3) is 0 Å². The Labute approximate surface area is 267 Å². The minimum Gasteiger partial charge on any atom is -0.478 e. The van der Waals surface area contributed by atoms with Gasteiger partial charge >= 0.3 is 11.9 Å². The minimum absolute atomic E-state index is 0.0105. The summed E-state index contributed by atoms with van der Waals surface area (Å²) >= 11 is 6.23. The molecule has 3 atom stereocenters. The van der Waals surface area contributed by atoms with Crippen LogP contribution in [0.25, 0.3) is 0 Å². The minimum atomic E-state index is -1.26. The number of nitrogens with one attached hydrogen (secondary N) is 1. The summed E-state index contributed by atoms with van der Waals surface area (Å²) < 4.78 is 13.8. The second kappa shape index (κ2) is 16.6. The number of carbonyl (C=O) groups excluding carboxylic acids is 3. The third-order valence-electron chi connectivity index (χ3n) is 7.53. The van der Waals surface area contributed by atoms with Gasteiger partial charge in [0.2, 0.25) is 17.7 Å². The number of benzene rings is 1. The van der Waals surface area contributed by atoms with Crippen LogP contribution in [0.3, 0.4) is 0 Å². The molecule has 0 bridgehead atoms. The molecule has 1 aliphatic rings. The topological polar surface area (TPSA) is 217 Å². The first-order valence-corrected chi connectivity index (χ1v) is 14.6. The molecule has 15 heteroatoms. The van der Waals surface area contributed by atoms with Gasteiger partial charge in [-0.3, -0.25) is 19.3 Å². The number of halogens is 2. The van der Waals surface area contributed by atoms with Gasteiger partial charge < -0.3 is 37.0 Å². The molecule has 1 aromatic rings. The summed E-state index contributed by atoms with van der Waals surface area (Å²) in [6.07, 6.45) is 0.225. The van der Waals surface area contributed by atoms with Gasteiger partial charge in [0.15, 0.2) is 0 Å². The number of aliphatic carboxylic acids is 2. The van der Waals surface area contributed by atoms with Gasteiger partial charge in [-0.1, -0.05) is 25.4 Å². The summed E-state index contributed by atoms with van der Waals surface area (Å²) in [5, 5.41) is 29.6. The smallest absolute Gasteiger partial charge is 0.328 e. The SMILES string of the molecule is CC(C)[C@H](C[C@H](O)[C@@H](N)CN1CC(=O)N(c2cc(F)ccc2Cl)CC1(C)C)C(=O)NCC(C)(C)C(N)=O.O=C(O)/C=C/C(=O)O. The molecular weight excluding hydrogens is 613 g/mol. The van der Waals surface area contributed by atoms with Crippen LogP contribution in [0, 0.1) is 23.1 Å². The van der Waals surface area contributed by atoms with Crippen molar-refractivity contribution in [2.24, 2.45) is 28.7 Å². The molecular formula is C30H45ClFN5O8. The molecule has 0 aliphatic carbocycles. The molecule has 0 spiro atoms. The molecule has 3 amide bonds. The number of nitrogens with zero attached hydrogens (tertiary/aromatic N) is 2. The number of nitrogens with two attached hydrogens (primary N) is 2. The van der Waals surface area contributed by atoms with Crippen molar-refractivity contribution in [3.63, 3.8) is 0 Å². The van der Waals surface area contributed by atoms with Crippen molar-refractivity contribution in [1.82, 2.24) is 10.2 Å². The summed E-state index contributed by atoms with van der Waals surface area (Å²) in [7, 11) is 0. The Hall–Kier alpha value is -3.59. The van der Waals surface area contributed by atoms with Crippen molar-refractivity contribution in [2.45, 2.75) is 65.6 Å². The van der Waals surface area contributed by atoms with E-state index in [0.717, 1.165) is 0 Å². The molecule has 1 aliphatic heterocycles. The van der Waals surface area contributed by atoms with Gasteiger partial charge in [0.1, 0.15) is 5.82 Å². The van der Waals surface area contributed by atoms with Crippen LogP contribution in [-0.2, 0) is 24.0 Å². The summed E-state index contributed by atoms with van der Waals surface area (Å²) in [4.78, 5) is 59.9. The Bertz CT molecular complexity index is 1260. The fourth-order valence-corrected chi connectivity index (χ4v) is 4.64. The van der Waals surface area contributed by atoms with Gasteiger partial charge in [-0.05, 0) is 58.2 Å². The molecule has 13 nitrogen and oxygen atoms in total. The number of carbonyl (C=O) groups is 5. The highest BCUT2D eigenvalue weighted by atomic mass is 35.5. The fraction of sp³-hybridized carbons (Fsp3) is 0.567. The number of carboxylic acids is 2. The van der Waals surface area contributed by atoms with Gasteiger partial charge in [-0.15, -0.1) is 0 Å². The zero-order chi connectivity index (χ0) is 34.9. The number of carboxylic acid groups (broad SMARTS) is 2. The van der Waals surface area contributed by atoms with Crippen LogP contribution < -0.4 is 21.7 Å². The zero-order valence-electron chi connectivity index (χ0n) is 26.4. The third kappa shape index (κ3) is 12.4. The summed E-state index contributed by atoms with van der Waals surface area (Å²) in [6, 6.07) is 3.17. The van der Waals surface area contributed by atoms with E-state index in [1.165, 1.54) is 23.1 Å². The number of aliphatic hydroxyl groups is 1. The lowest BCUT2D eigenvalue weighted by Gasteiger charge is -2.47. The molecule has 0 aromatic heterocycles. The number of hydrogen-bond acceptors (Lipinski definition) is 8. The van der Waals surface area contributed by atoms with Crippen LogP contribution in [0.2, 0.25) is 5.02 Å². The number of anilines is 1.